The molecule has 1 aliphatic carbocycles. The third kappa shape index (κ3) is 1.94. The number of hydrogen-bond acceptors (Lipinski definition) is 2. The van der Waals surface area contributed by atoms with Crippen molar-refractivity contribution in [2.75, 3.05) is 5.32 Å². The minimum atomic E-state index is 0.403. The van der Waals surface area contributed by atoms with Crippen LogP contribution in [0, 0.1) is 6.92 Å². The van der Waals surface area contributed by atoms with Crippen molar-refractivity contribution in [1.29, 1.82) is 0 Å². The van der Waals surface area contributed by atoms with E-state index in [9.17, 15) is 0 Å². The molecule has 1 heterocycles. The highest BCUT2D eigenvalue weighted by Crippen LogP contribution is 2.35. The van der Waals surface area contributed by atoms with Crippen LogP contribution < -0.4 is 5.32 Å². The summed E-state index contributed by atoms with van der Waals surface area (Å²) >= 11 is 3.55. The molecule has 1 aromatic heterocycles. The fraction of sp³-hybridized carbons (Fsp3) is 0.357. The van der Waals surface area contributed by atoms with Crippen molar-refractivity contribution in [3.63, 3.8) is 0 Å². The number of hydrogen-bond donors (Lipinski definition) is 1. The minimum Gasteiger partial charge on any atom is -0.375 e. The summed E-state index contributed by atoms with van der Waals surface area (Å²) in [4.78, 5) is 0. The van der Waals surface area contributed by atoms with Crippen LogP contribution in [0.15, 0.2) is 28.9 Å². The second kappa shape index (κ2) is 4.43. The number of nitrogens with one attached hydrogen (secondary N) is 1. The number of benzene rings is 1. The zero-order valence-corrected chi connectivity index (χ0v) is 12.2. The van der Waals surface area contributed by atoms with Crippen LogP contribution in [0.1, 0.15) is 29.3 Å². The third-order valence-electron chi connectivity index (χ3n) is 3.75. The molecule has 18 heavy (non-hydrogen) atoms. The summed E-state index contributed by atoms with van der Waals surface area (Å²) < 4.78 is 3.05. The monoisotopic (exact) mass is 305 g/mol. The zero-order chi connectivity index (χ0) is 12.7. The predicted molar refractivity (Wildman–Crippen MR) is 76.8 cm³/mol. The highest BCUT2D eigenvalue weighted by molar-refractivity contribution is 9.10. The van der Waals surface area contributed by atoms with Crippen molar-refractivity contribution < 1.29 is 0 Å². The Balaban J connectivity index is 1.89. The molecule has 1 unspecified atom stereocenters. The Morgan fingerprint density at radius 3 is 3.00 bits per heavy atom. The first-order valence-corrected chi connectivity index (χ1v) is 6.98. The average Bonchev–Trinajstić information content (AvgIpc) is 2.88. The van der Waals surface area contributed by atoms with Gasteiger partial charge in [0.25, 0.3) is 0 Å². The van der Waals surface area contributed by atoms with Crippen molar-refractivity contribution in [3.8, 4) is 0 Å². The van der Waals surface area contributed by atoms with E-state index < -0.39 is 0 Å². The molecular formula is C14H16BrN3. The minimum absolute atomic E-state index is 0.403. The van der Waals surface area contributed by atoms with E-state index in [0.29, 0.717) is 6.04 Å². The molecule has 0 aliphatic heterocycles. The molecule has 94 valence electrons. The maximum atomic E-state index is 4.28. The normalized spacial score (nSPS) is 17.8. The lowest BCUT2D eigenvalue weighted by Crippen LogP contribution is -2.08. The molecule has 1 atom stereocenters. The summed E-state index contributed by atoms with van der Waals surface area (Å²) in [5.41, 5.74) is 5.18. The van der Waals surface area contributed by atoms with Gasteiger partial charge in [-0.15, -0.1) is 0 Å². The highest BCUT2D eigenvalue weighted by Gasteiger charge is 2.23. The quantitative estimate of drug-likeness (QED) is 0.919. The summed E-state index contributed by atoms with van der Waals surface area (Å²) in [7, 11) is 1.97. The van der Waals surface area contributed by atoms with Gasteiger partial charge in [-0.25, -0.2) is 0 Å². The van der Waals surface area contributed by atoms with E-state index in [1.54, 1.807) is 0 Å². The molecule has 2 aromatic rings. The zero-order valence-electron chi connectivity index (χ0n) is 10.6. The molecule has 3 nitrogen and oxygen atoms in total. The third-order valence-corrected chi connectivity index (χ3v) is 4.24. The molecule has 1 N–H and O–H groups in total. The molecule has 1 aromatic carbocycles. The fourth-order valence-corrected chi connectivity index (χ4v) is 2.93. The lowest BCUT2D eigenvalue weighted by atomic mass is 10.1. The van der Waals surface area contributed by atoms with Gasteiger partial charge in [0.05, 0.1) is 23.6 Å². The molecule has 0 bridgehead atoms. The van der Waals surface area contributed by atoms with E-state index >= 15 is 0 Å². The van der Waals surface area contributed by atoms with E-state index in [-0.39, 0.29) is 0 Å². The first kappa shape index (κ1) is 11.8. The summed E-state index contributed by atoms with van der Waals surface area (Å²) in [6.45, 7) is 2.09. The van der Waals surface area contributed by atoms with Gasteiger partial charge >= 0.3 is 0 Å². The molecule has 0 saturated heterocycles. The molecule has 0 radical (unpaired) electrons. The van der Waals surface area contributed by atoms with E-state index in [0.717, 1.165) is 23.0 Å². The summed E-state index contributed by atoms with van der Waals surface area (Å²) in [6.07, 6.45) is 4.21. The van der Waals surface area contributed by atoms with E-state index in [1.807, 2.05) is 17.9 Å². The predicted octanol–water partition coefficient (Wildman–Crippen LogP) is 3.59. The molecule has 0 fully saturated rings. The Labute approximate surface area is 115 Å². The van der Waals surface area contributed by atoms with E-state index in [1.165, 1.54) is 16.8 Å². The first-order valence-electron chi connectivity index (χ1n) is 6.18. The van der Waals surface area contributed by atoms with Gasteiger partial charge in [0.1, 0.15) is 0 Å². The highest BCUT2D eigenvalue weighted by atomic mass is 79.9. The number of aromatic nitrogens is 2. The molecule has 0 amide bonds. The van der Waals surface area contributed by atoms with Crippen molar-refractivity contribution in [2.45, 2.75) is 25.8 Å². The molecule has 0 spiro atoms. The second-order valence-electron chi connectivity index (χ2n) is 4.85. The first-order chi connectivity index (χ1) is 8.65. The van der Waals surface area contributed by atoms with Crippen molar-refractivity contribution >= 4 is 21.6 Å². The number of aryl methyl sites for hydroxylation is 2. The Kier molecular flexibility index (Phi) is 2.90. The van der Waals surface area contributed by atoms with Gasteiger partial charge in [-0.05, 0) is 43.0 Å². The second-order valence-corrected chi connectivity index (χ2v) is 5.76. The topological polar surface area (TPSA) is 29.9 Å². The van der Waals surface area contributed by atoms with Crippen LogP contribution >= 0.6 is 15.9 Å². The standard InChI is InChI=1S/C14H16BrN3/c1-9-14(8-16-18(9)2)17-13-6-4-10-3-5-11(15)7-12(10)13/h3,5,7-8,13,17H,4,6H2,1-2H3. The van der Waals surface area contributed by atoms with Crippen LogP contribution in [-0.2, 0) is 13.5 Å². The van der Waals surface area contributed by atoms with Crippen LogP contribution in [0.25, 0.3) is 0 Å². The number of halogens is 1. The van der Waals surface area contributed by atoms with Gasteiger partial charge in [-0.3, -0.25) is 4.68 Å². The fourth-order valence-electron chi connectivity index (χ4n) is 2.55. The van der Waals surface area contributed by atoms with Crippen molar-refractivity contribution in [1.82, 2.24) is 9.78 Å². The van der Waals surface area contributed by atoms with Gasteiger partial charge in [0.15, 0.2) is 0 Å². The van der Waals surface area contributed by atoms with Crippen molar-refractivity contribution in [2.24, 2.45) is 7.05 Å². The summed E-state index contributed by atoms with van der Waals surface area (Å²) in [6, 6.07) is 6.97. The smallest absolute Gasteiger partial charge is 0.0760 e. The SMILES string of the molecule is Cc1c(NC2CCc3ccc(Br)cc32)cnn1C. The Morgan fingerprint density at radius 2 is 2.28 bits per heavy atom. The van der Waals surface area contributed by atoms with Gasteiger partial charge < -0.3 is 5.32 Å². The van der Waals surface area contributed by atoms with Crippen LogP contribution in [-0.4, -0.2) is 9.78 Å². The summed E-state index contributed by atoms with van der Waals surface area (Å²) in [5.74, 6) is 0. The molecule has 4 heteroatoms. The lowest BCUT2D eigenvalue weighted by molar-refractivity contribution is 0.736. The van der Waals surface area contributed by atoms with E-state index in [2.05, 4.69) is 51.5 Å². The molecule has 1 aliphatic rings. The van der Waals surface area contributed by atoms with Crippen LogP contribution in [0.4, 0.5) is 5.69 Å². The molecule has 3 rings (SSSR count). The Hall–Kier alpha value is -1.29. The van der Waals surface area contributed by atoms with Crippen LogP contribution in [0.3, 0.4) is 0 Å². The maximum Gasteiger partial charge on any atom is 0.0760 e. The van der Waals surface area contributed by atoms with Crippen LogP contribution in [0.2, 0.25) is 0 Å². The molecule has 0 saturated carbocycles. The van der Waals surface area contributed by atoms with Gasteiger partial charge in [-0.2, -0.15) is 5.10 Å². The van der Waals surface area contributed by atoms with Crippen molar-refractivity contribution in [3.05, 3.63) is 45.7 Å². The maximum absolute atomic E-state index is 4.28. The lowest BCUT2D eigenvalue weighted by Gasteiger charge is -2.15. The summed E-state index contributed by atoms with van der Waals surface area (Å²) in [5, 5.41) is 7.89. The Morgan fingerprint density at radius 1 is 1.44 bits per heavy atom. The number of fused-ring (bicyclic) bond motifs is 1. The number of nitrogens with zero attached hydrogens (tertiary/aromatic N) is 2. The molecular weight excluding hydrogens is 290 g/mol. The largest absolute Gasteiger partial charge is 0.375 e. The van der Waals surface area contributed by atoms with Gasteiger partial charge in [0, 0.05) is 11.5 Å². The van der Waals surface area contributed by atoms with E-state index in [4.69, 9.17) is 0 Å². The Bertz CT molecular complexity index is 589. The van der Waals surface area contributed by atoms with Crippen LogP contribution in [0.5, 0.6) is 0 Å². The van der Waals surface area contributed by atoms with Gasteiger partial charge in [-0.1, -0.05) is 22.0 Å². The van der Waals surface area contributed by atoms with Gasteiger partial charge in [0.2, 0.25) is 0 Å². The number of rotatable bonds is 2. The number of anilines is 1. The average molecular weight is 306 g/mol.